The van der Waals surface area contributed by atoms with Crippen LogP contribution in [0, 0.1) is 38.2 Å². The van der Waals surface area contributed by atoms with Gasteiger partial charge in [0.05, 0.1) is 67.3 Å². The lowest BCUT2D eigenvalue weighted by Gasteiger charge is -2.34. The first-order valence-electron chi connectivity index (χ1n) is 28.9. The normalized spacial score (nSPS) is 12.5. The third kappa shape index (κ3) is 13.9. The van der Waals surface area contributed by atoms with Crippen molar-refractivity contribution in [3.05, 3.63) is 145 Å². The van der Waals surface area contributed by atoms with Crippen molar-refractivity contribution in [3.8, 4) is 69.4 Å². The molecule has 25 heteroatoms. The molecule has 1 aliphatic rings. The van der Waals surface area contributed by atoms with Crippen molar-refractivity contribution in [2.24, 2.45) is 0 Å². The monoisotopic (exact) mass is 1310 g/mol. The minimum Gasteiger partial charge on any atom is -0.504 e. The molecule has 1 amide bonds. The maximum absolute atomic E-state index is 15.1. The average molecular weight is 1310 g/mol. The third-order valence-corrected chi connectivity index (χ3v) is 15.6. The Labute approximate surface area is 527 Å². The highest BCUT2D eigenvalue weighted by Crippen LogP contribution is 2.41. The molecular formula is C66H63BrF3N11O10. The number of rotatable bonds is 18. The first kappa shape index (κ1) is 62.5. The highest BCUT2D eigenvalue weighted by Gasteiger charge is 2.22. The zero-order valence-corrected chi connectivity index (χ0v) is 52.3. The average Bonchev–Trinajstić information content (AvgIpc) is 1.97. The number of fused-ring (bicyclic) bond motifs is 6. The van der Waals surface area contributed by atoms with Crippen LogP contribution in [-0.2, 0) is 4.79 Å². The van der Waals surface area contributed by atoms with Crippen molar-refractivity contribution in [2.45, 2.75) is 40.5 Å². The molecule has 0 aliphatic carbocycles. The maximum Gasteiger partial charge on any atom is 0.230 e. The molecule has 470 valence electrons. The topological polar surface area (TPSA) is 242 Å². The third-order valence-electron chi connectivity index (χ3n) is 15.0. The highest BCUT2D eigenvalue weighted by atomic mass is 79.9. The van der Waals surface area contributed by atoms with E-state index < -0.39 is 17.5 Å². The van der Waals surface area contributed by atoms with Gasteiger partial charge in [-0.25, -0.2) is 43.1 Å². The van der Waals surface area contributed by atoms with E-state index >= 15 is 4.39 Å². The second-order valence-electron chi connectivity index (χ2n) is 21.2. The molecule has 13 rings (SSSR count). The van der Waals surface area contributed by atoms with E-state index in [0.717, 1.165) is 68.0 Å². The molecule has 4 N–H and O–H groups in total. The Morgan fingerprint density at radius 2 is 0.879 bits per heavy atom. The van der Waals surface area contributed by atoms with Crippen LogP contribution in [0.25, 0.3) is 65.4 Å². The Bertz CT molecular complexity index is 4640. The molecule has 1 fully saturated rings. The van der Waals surface area contributed by atoms with Crippen molar-refractivity contribution in [3.63, 3.8) is 0 Å². The number of halogens is 4. The number of nitrogens with zero attached hydrogens (tertiary/aromatic N) is 8. The summed E-state index contributed by atoms with van der Waals surface area (Å²) < 4.78 is 90.1. The van der Waals surface area contributed by atoms with Crippen LogP contribution >= 0.6 is 15.9 Å². The van der Waals surface area contributed by atoms with E-state index in [0.29, 0.717) is 102 Å². The number of ether oxygens (including phenoxy) is 8. The van der Waals surface area contributed by atoms with Crippen molar-refractivity contribution in [1.29, 1.82) is 0 Å². The number of carbonyl (C=O) groups is 1. The first-order valence-corrected chi connectivity index (χ1v) is 30.1. The van der Waals surface area contributed by atoms with Crippen LogP contribution in [-0.4, -0.2) is 138 Å². The van der Waals surface area contributed by atoms with Crippen molar-refractivity contribution < 1.29 is 61.0 Å². The van der Waals surface area contributed by atoms with Crippen molar-refractivity contribution in [1.82, 2.24) is 54.7 Å². The Kier molecular flexibility index (Phi) is 19.0. The summed E-state index contributed by atoms with van der Waals surface area (Å²) in [5, 5.41) is 13.8. The number of aryl methyl sites for hydroxylation is 3. The number of carbonyl (C=O) groups excluding carboxylic acids is 1. The number of methoxy groups -OCH3 is 3. The fraction of sp³-hybridized carbons (Fsp3) is 0.258. The van der Waals surface area contributed by atoms with E-state index in [1.165, 1.54) is 32.2 Å². The SMILES string of the molecule is COc1cc2c(Oc3ccc4[nH]c(C)cc4c3F)ncnc2cc1O.COc1cc2c(Oc3ccc4[nH]c(C)cc4c3F)ncnc2cc1OCCCBr.COc1cc2c(Oc3ccc4[nH]c(C)cc4c3F)ncnc2cc1OCCCN1CCN(C(C)=O)CC1. The molecule has 91 heavy (non-hydrogen) atoms. The van der Waals surface area contributed by atoms with E-state index in [9.17, 15) is 18.7 Å². The number of benzene rings is 6. The van der Waals surface area contributed by atoms with Gasteiger partial charge in [-0.2, -0.15) is 0 Å². The van der Waals surface area contributed by atoms with Crippen molar-refractivity contribution >= 4 is 87.3 Å². The predicted molar refractivity (Wildman–Crippen MR) is 342 cm³/mol. The molecule has 0 atom stereocenters. The predicted octanol–water partition coefficient (Wildman–Crippen LogP) is 13.9. The van der Waals surface area contributed by atoms with E-state index in [4.69, 9.17) is 37.9 Å². The number of nitrogens with one attached hydrogen (secondary N) is 3. The van der Waals surface area contributed by atoms with Gasteiger partial charge in [-0.05, 0) is 106 Å². The second-order valence-corrected chi connectivity index (χ2v) is 22.0. The van der Waals surface area contributed by atoms with Gasteiger partial charge in [0.2, 0.25) is 23.5 Å². The second kappa shape index (κ2) is 27.7. The maximum atomic E-state index is 15.1. The molecular weight excluding hydrogens is 1240 g/mol. The van der Waals surface area contributed by atoms with Gasteiger partial charge < -0.3 is 62.9 Å². The minimum atomic E-state index is -0.473. The molecule has 0 spiro atoms. The summed E-state index contributed by atoms with van der Waals surface area (Å²) in [6.07, 6.45) is 5.74. The van der Waals surface area contributed by atoms with Gasteiger partial charge in [-0.1, -0.05) is 15.9 Å². The lowest BCUT2D eigenvalue weighted by Crippen LogP contribution is -2.48. The molecule has 7 heterocycles. The summed E-state index contributed by atoms with van der Waals surface area (Å²) in [6.45, 7) is 12.4. The number of phenols is 1. The van der Waals surface area contributed by atoms with Crippen LogP contribution in [0.3, 0.4) is 0 Å². The van der Waals surface area contributed by atoms with Gasteiger partial charge in [-0.15, -0.1) is 0 Å². The van der Waals surface area contributed by atoms with Crippen LogP contribution < -0.4 is 37.9 Å². The fourth-order valence-electron chi connectivity index (χ4n) is 10.5. The summed E-state index contributed by atoms with van der Waals surface area (Å²) in [7, 11) is 4.56. The lowest BCUT2D eigenvalue weighted by atomic mass is 10.2. The minimum absolute atomic E-state index is 0.0463. The number of alkyl halides is 1. The largest absolute Gasteiger partial charge is 0.504 e. The molecule has 6 aromatic heterocycles. The van der Waals surface area contributed by atoms with E-state index in [2.05, 4.69) is 65.7 Å². The van der Waals surface area contributed by atoms with Crippen LogP contribution in [0.4, 0.5) is 13.2 Å². The highest BCUT2D eigenvalue weighted by molar-refractivity contribution is 9.09. The number of piperazine rings is 1. The molecule has 1 saturated heterocycles. The van der Waals surface area contributed by atoms with Gasteiger partial charge in [0, 0.05) is 113 Å². The Morgan fingerprint density at radius 3 is 1.26 bits per heavy atom. The van der Waals surface area contributed by atoms with Gasteiger partial charge in [-0.3, -0.25) is 9.69 Å². The molecule has 1 aliphatic heterocycles. The number of hydrogen-bond acceptors (Lipinski definition) is 17. The first-order chi connectivity index (χ1) is 44.1. The number of hydrogen-bond donors (Lipinski definition) is 4. The Balaban J connectivity index is 0.000000143. The summed E-state index contributed by atoms with van der Waals surface area (Å²) in [6, 6.07) is 25.2. The zero-order chi connectivity index (χ0) is 63.9. The van der Waals surface area contributed by atoms with E-state index in [1.54, 1.807) is 106 Å². The number of phenolic OH excluding ortho intramolecular Hbond substituents is 1. The van der Waals surface area contributed by atoms with Crippen LogP contribution in [0.5, 0.6) is 69.4 Å². The van der Waals surface area contributed by atoms with Crippen LogP contribution in [0.1, 0.15) is 36.8 Å². The summed E-state index contributed by atoms with van der Waals surface area (Å²) >= 11 is 3.38. The summed E-state index contributed by atoms with van der Waals surface area (Å²) in [4.78, 5) is 50.3. The quantitative estimate of drug-likeness (QED) is 0.0461. The Morgan fingerprint density at radius 1 is 0.495 bits per heavy atom. The van der Waals surface area contributed by atoms with Crippen LogP contribution in [0.2, 0.25) is 0 Å². The standard InChI is InChI=1S/C27H30FN5O4.C21H19BrFN3O3.C18H14FN3O3/c1-17-13-19-21(31-17)5-6-23(26(19)28)37-27-20-14-24(35-3)25(15-22(20)29-16-30-27)36-12-4-7-32-8-10-33(11-9-32)18(2)34;1-12-8-13-15(26-12)4-5-17(20(13)23)29-21-14-9-18(27-2)19(28-7-3-6-22)10-16(14)24-11-25-21;1-9-5-10-12(22-9)3-4-15(17(10)19)25-18-11-6-16(24-2)14(23)7-13(11)20-8-21-18/h5-6,13-16,31H,4,7-12H2,1-3H3;4-5,8-11,26H,3,6-7H2,1-2H3;3-8,22-23H,1-2H3. The number of amides is 1. The molecule has 0 unspecified atom stereocenters. The van der Waals surface area contributed by atoms with E-state index in [1.807, 2.05) is 25.7 Å². The molecule has 0 saturated carbocycles. The molecule has 0 radical (unpaired) electrons. The lowest BCUT2D eigenvalue weighted by molar-refractivity contribution is -0.130. The van der Waals surface area contributed by atoms with Crippen molar-refractivity contribution in [2.75, 3.05) is 72.6 Å². The number of H-pyrrole nitrogens is 3. The van der Waals surface area contributed by atoms with Gasteiger partial charge in [0.25, 0.3) is 0 Å². The van der Waals surface area contributed by atoms with Gasteiger partial charge in [0.1, 0.15) is 19.0 Å². The number of aromatic amines is 3. The molecule has 12 aromatic rings. The molecule has 0 bridgehead atoms. The fourth-order valence-corrected chi connectivity index (χ4v) is 10.7. The Hall–Kier alpha value is -10.1. The van der Waals surface area contributed by atoms with Gasteiger partial charge in [0.15, 0.2) is 69.2 Å². The van der Waals surface area contributed by atoms with E-state index in [-0.39, 0.29) is 52.3 Å². The number of aromatic nitrogens is 9. The van der Waals surface area contributed by atoms with Crippen LogP contribution in [0.15, 0.2) is 110 Å². The summed E-state index contributed by atoms with van der Waals surface area (Å²) in [5.74, 6) is 2.03. The summed E-state index contributed by atoms with van der Waals surface area (Å²) in [5.41, 5.74) is 6.39. The molecule has 21 nitrogen and oxygen atoms in total. The molecule has 6 aromatic carbocycles. The zero-order valence-electron chi connectivity index (χ0n) is 50.7. The smallest absolute Gasteiger partial charge is 0.230 e. The number of aromatic hydroxyl groups is 1. The van der Waals surface area contributed by atoms with Gasteiger partial charge >= 0.3 is 0 Å².